The average molecular weight is 663 g/mol. The van der Waals surface area contributed by atoms with Crippen LogP contribution < -0.4 is 11.1 Å². The molecule has 0 saturated carbocycles. The third-order valence-electron chi connectivity index (χ3n) is 5.92. The number of oxime groups is 1. The second-order valence-corrected chi connectivity index (χ2v) is 12.8. The highest BCUT2D eigenvalue weighted by atomic mass is 32.2. The molecule has 3 aromatic rings. The Kier molecular flexibility index (Phi) is 9.09. The Morgan fingerprint density at radius 3 is 2.77 bits per heavy atom. The van der Waals surface area contributed by atoms with E-state index in [1.807, 2.05) is 0 Å². The van der Waals surface area contributed by atoms with Gasteiger partial charge in [-0.05, 0) is 18.2 Å². The molecule has 0 unspecified atom stereocenters. The zero-order valence-corrected chi connectivity index (χ0v) is 25.1. The van der Waals surface area contributed by atoms with Gasteiger partial charge in [-0.3, -0.25) is 14.5 Å². The number of phenols is 2. The number of rotatable bonds is 11. The number of ether oxygens (including phenoxy) is 1. The Labute approximate surface area is 259 Å². The number of carboxylic acid groups (broad SMARTS) is 1. The third kappa shape index (κ3) is 6.56. The van der Waals surface area contributed by atoms with E-state index in [1.54, 1.807) is 11.4 Å². The molecule has 224 valence electrons. The van der Waals surface area contributed by atoms with E-state index in [0.29, 0.717) is 26.9 Å². The Bertz CT molecular complexity index is 1650. The van der Waals surface area contributed by atoms with E-state index >= 15 is 0 Å². The first kappa shape index (κ1) is 30.2. The summed E-state index contributed by atoms with van der Waals surface area (Å²) in [7, 11) is 0. The van der Waals surface area contributed by atoms with Crippen LogP contribution in [0.4, 0.5) is 9.93 Å². The lowest BCUT2D eigenvalue weighted by Gasteiger charge is -2.49. The van der Waals surface area contributed by atoms with Gasteiger partial charge in [0.25, 0.3) is 11.8 Å². The van der Waals surface area contributed by atoms with Crippen molar-refractivity contribution in [2.24, 2.45) is 5.16 Å². The van der Waals surface area contributed by atoms with Crippen LogP contribution in [0, 0.1) is 0 Å². The minimum Gasteiger partial charge on any atom is -0.504 e. The molecular formula is C25H22N6O8S4. The van der Waals surface area contributed by atoms with Crippen LogP contribution in [0.25, 0.3) is 11.3 Å². The Morgan fingerprint density at radius 1 is 1.26 bits per heavy atom. The molecule has 1 saturated heterocycles. The minimum atomic E-state index is -1.58. The topological polar surface area (TPSA) is 210 Å². The number of aromatic hydroxyl groups is 2. The second-order valence-electron chi connectivity index (χ2n) is 8.72. The molecule has 5 rings (SSSR count). The molecule has 2 amide bonds. The first-order valence-corrected chi connectivity index (χ1v) is 16.0. The fourth-order valence-corrected chi connectivity index (χ4v) is 7.79. The van der Waals surface area contributed by atoms with Gasteiger partial charge in [0.1, 0.15) is 23.7 Å². The standard InChI is InChI=1S/C25H22N6O8S4/c1-2-5-38-30-17(14-10-41-23(26)27-14)19(34)29-18-20(35)31-21(39-25(36)37)12(7-40-22(18)31)8-42-24-28-13(9-43-24)11-3-4-15(32)16(33)6-11/h2-4,6,9-10,18,22,32-33H,1,5,7-8H2,(H2,26,27)(H,29,34)(H,36,37)/t18-,22+/m1/s1. The van der Waals surface area contributed by atoms with Gasteiger partial charge in [-0.15, -0.1) is 34.4 Å². The number of thiazole rings is 2. The first-order chi connectivity index (χ1) is 20.7. The van der Waals surface area contributed by atoms with Crippen molar-refractivity contribution >= 4 is 75.0 Å². The lowest BCUT2D eigenvalue weighted by molar-refractivity contribution is -0.148. The van der Waals surface area contributed by atoms with E-state index in [2.05, 4.69) is 27.0 Å². The number of carbonyl (C=O) groups is 3. The molecule has 18 heteroatoms. The van der Waals surface area contributed by atoms with E-state index in [9.17, 15) is 29.7 Å². The second kappa shape index (κ2) is 12.9. The predicted octanol–water partition coefficient (Wildman–Crippen LogP) is 3.27. The van der Waals surface area contributed by atoms with Crippen LogP contribution in [-0.4, -0.2) is 83.4 Å². The van der Waals surface area contributed by atoms with Crippen molar-refractivity contribution < 1.29 is 39.3 Å². The number of anilines is 1. The van der Waals surface area contributed by atoms with E-state index in [1.165, 1.54) is 63.3 Å². The van der Waals surface area contributed by atoms with Gasteiger partial charge in [-0.1, -0.05) is 29.6 Å². The number of amides is 2. The quantitative estimate of drug-likeness (QED) is 0.0292. The van der Waals surface area contributed by atoms with Gasteiger partial charge in [-0.25, -0.2) is 14.8 Å². The molecule has 2 atom stereocenters. The normalized spacial score (nSPS) is 18.1. The van der Waals surface area contributed by atoms with E-state index in [-0.39, 0.29) is 46.3 Å². The molecule has 2 aliphatic heterocycles. The number of carbonyl (C=O) groups excluding carboxylic acids is 2. The fraction of sp³-hybridized carbons (Fsp3) is 0.200. The summed E-state index contributed by atoms with van der Waals surface area (Å²) in [6.45, 7) is 3.57. The summed E-state index contributed by atoms with van der Waals surface area (Å²) in [5.74, 6) is -1.28. The summed E-state index contributed by atoms with van der Waals surface area (Å²) in [6, 6.07) is 3.41. The molecule has 1 fully saturated rings. The van der Waals surface area contributed by atoms with Gasteiger partial charge in [0, 0.05) is 33.4 Å². The molecule has 0 bridgehead atoms. The van der Waals surface area contributed by atoms with Gasteiger partial charge in [0.15, 0.2) is 26.7 Å². The van der Waals surface area contributed by atoms with Crippen molar-refractivity contribution in [1.82, 2.24) is 20.2 Å². The Balaban J connectivity index is 1.29. The maximum atomic E-state index is 13.2. The van der Waals surface area contributed by atoms with Crippen molar-refractivity contribution in [2.45, 2.75) is 15.8 Å². The highest BCUT2D eigenvalue weighted by molar-refractivity contribution is 8.01. The van der Waals surface area contributed by atoms with Crippen molar-refractivity contribution in [2.75, 3.05) is 23.8 Å². The number of nitrogens with two attached hydrogens (primary N) is 1. The third-order valence-corrected chi connectivity index (χ3v) is 10.0. The number of β-lactam (4-membered cyclic amide) rings is 1. The van der Waals surface area contributed by atoms with Crippen LogP contribution in [0.2, 0.25) is 0 Å². The largest absolute Gasteiger partial charge is 0.512 e. The molecule has 0 radical (unpaired) electrons. The molecular weight excluding hydrogens is 641 g/mol. The first-order valence-electron chi connectivity index (χ1n) is 12.2. The van der Waals surface area contributed by atoms with Gasteiger partial charge in [0.05, 0.1) is 5.69 Å². The smallest absolute Gasteiger partial charge is 0.504 e. The lowest BCUT2D eigenvalue weighted by Crippen LogP contribution is -2.70. The van der Waals surface area contributed by atoms with E-state index in [4.69, 9.17) is 15.3 Å². The highest BCUT2D eigenvalue weighted by Crippen LogP contribution is 2.42. The monoisotopic (exact) mass is 662 g/mol. The maximum absolute atomic E-state index is 13.2. The van der Waals surface area contributed by atoms with Crippen molar-refractivity contribution in [3.63, 3.8) is 0 Å². The summed E-state index contributed by atoms with van der Waals surface area (Å²) >= 11 is 5.11. The van der Waals surface area contributed by atoms with Crippen molar-refractivity contribution in [3.8, 4) is 22.8 Å². The molecule has 2 aromatic heterocycles. The maximum Gasteiger partial charge on any atom is 0.512 e. The highest BCUT2D eigenvalue weighted by Gasteiger charge is 2.54. The van der Waals surface area contributed by atoms with E-state index in [0.717, 1.165) is 11.3 Å². The molecule has 4 heterocycles. The number of nitrogen functional groups attached to an aromatic ring is 1. The zero-order chi connectivity index (χ0) is 30.7. The number of benzene rings is 1. The number of nitrogens with zero attached hydrogens (tertiary/aromatic N) is 4. The van der Waals surface area contributed by atoms with Crippen LogP contribution >= 0.6 is 46.2 Å². The van der Waals surface area contributed by atoms with Crippen molar-refractivity contribution in [3.05, 3.63) is 58.8 Å². The van der Waals surface area contributed by atoms with Gasteiger partial charge in [0.2, 0.25) is 5.88 Å². The molecule has 6 N–H and O–H groups in total. The van der Waals surface area contributed by atoms with Crippen LogP contribution in [0.3, 0.4) is 0 Å². The van der Waals surface area contributed by atoms with Crippen LogP contribution in [0.1, 0.15) is 5.69 Å². The van der Waals surface area contributed by atoms with Crippen LogP contribution in [0.15, 0.2) is 62.6 Å². The number of hydrogen-bond donors (Lipinski definition) is 5. The van der Waals surface area contributed by atoms with Gasteiger partial charge in [-0.2, -0.15) is 0 Å². The average Bonchev–Trinajstić information content (AvgIpc) is 3.63. The molecule has 14 nitrogen and oxygen atoms in total. The number of aromatic nitrogens is 2. The fourth-order valence-electron chi connectivity index (χ4n) is 3.96. The molecule has 43 heavy (non-hydrogen) atoms. The summed E-state index contributed by atoms with van der Waals surface area (Å²) < 4.78 is 5.71. The summed E-state index contributed by atoms with van der Waals surface area (Å²) in [5, 5.41) is 38.1. The molecule has 2 aliphatic rings. The number of nitrogens with one attached hydrogen (secondary N) is 1. The molecule has 1 aromatic carbocycles. The Morgan fingerprint density at radius 2 is 2.07 bits per heavy atom. The predicted molar refractivity (Wildman–Crippen MR) is 162 cm³/mol. The lowest BCUT2D eigenvalue weighted by atomic mass is 10.1. The Hall–Kier alpha value is -4.26. The summed E-state index contributed by atoms with van der Waals surface area (Å²) in [5.41, 5.74) is 7.45. The zero-order valence-electron chi connectivity index (χ0n) is 21.8. The van der Waals surface area contributed by atoms with Crippen LogP contribution in [0.5, 0.6) is 11.5 Å². The number of hydrogen-bond acceptors (Lipinski definition) is 15. The summed E-state index contributed by atoms with van der Waals surface area (Å²) in [4.78, 5) is 52.7. The minimum absolute atomic E-state index is 0.0369. The number of fused-ring (bicyclic) bond motifs is 1. The van der Waals surface area contributed by atoms with Gasteiger partial charge >= 0.3 is 6.16 Å². The molecule has 0 spiro atoms. The molecule has 0 aliphatic carbocycles. The summed E-state index contributed by atoms with van der Waals surface area (Å²) in [6.07, 6.45) is -0.136. The van der Waals surface area contributed by atoms with E-state index < -0.39 is 29.4 Å². The number of phenolic OH excluding ortho intramolecular Hbond substituents is 2. The number of thioether (sulfide) groups is 2. The SMILES string of the molecule is C=CCON=C(C(=O)N[C@@H]1C(=O)N2C(OC(=O)O)=C(CSc3nc(-c4ccc(O)c(O)c4)cs3)CS[C@@H]12)c1csc(N)n1. The van der Waals surface area contributed by atoms with Gasteiger partial charge < -0.3 is 35.9 Å². The van der Waals surface area contributed by atoms with Crippen LogP contribution in [-0.2, 0) is 19.2 Å². The van der Waals surface area contributed by atoms with Crippen molar-refractivity contribution in [1.29, 1.82) is 0 Å².